The summed E-state index contributed by atoms with van der Waals surface area (Å²) in [5.41, 5.74) is 14.4. The number of benzene rings is 18. The van der Waals surface area contributed by atoms with Gasteiger partial charge in [0, 0.05) is 51.1 Å². The number of aryl methyl sites for hydroxylation is 2. The molecule has 0 amide bonds. The topological polar surface area (TPSA) is 3.24 Å². The highest BCUT2D eigenvalue weighted by Crippen LogP contribution is 2.87. The Morgan fingerprint density at radius 3 is 0.970 bits per heavy atom. The van der Waals surface area contributed by atoms with E-state index in [0.29, 0.717) is 0 Å². The molecule has 0 radical (unpaired) electrons. The highest BCUT2D eigenvalue weighted by atomic mass is 32.1. The fourth-order valence-electron chi connectivity index (χ4n) is 30.6. The van der Waals surface area contributed by atoms with Crippen LogP contribution in [-0.4, -0.2) is 18.5 Å². The van der Waals surface area contributed by atoms with Crippen LogP contribution in [0.1, 0.15) is 114 Å². The van der Waals surface area contributed by atoms with Gasteiger partial charge in [-0.3, -0.25) is 4.90 Å². The molecule has 0 saturated carbocycles. The fraction of sp³-hybridized carbons (Fsp3) is 0.177. The Bertz CT molecular complexity index is 9060. The molecule has 1 fully saturated rings. The highest BCUT2D eigenvalue weighted by molar-refractivity contribution is 7.29. The van der Waals surface area contributed by atoms with Gasteiger partial charge in [-0.15, -0.1) is 51.1 Å². The molecular formula is C96H41NS4. The molecule has 4 aromatic heterocycles. The summed E-state index contributed by atoms with van der Waals surface area (Å²) in [7, 11) is 2.67. The molecular weight excluding hydrogens is 1300 g/mol. The van der Waals surface area contributed by atoms with Crippen LogP contribution >= 0.6 is 45.3 Å². The number of nitrogens with zero attached hydrogens (tertiary/aromatic N) is 1. The molecule has 5 heterocycles. The zero-order valence-electron chi connectivity index (χ0n) is 54.6. The zero-order chi connectivity index (χ0) is 62.7. The number of hydrogen-bond acceptors (Lipinski definition) is 5. The Labute approximate surface area is 583 Å². The Balaban J connectivity index is 0.711. The van der Waals surface area contributed by atoms with E-state index < -0.39 is 0 Å². The molecule has 1 nitrogen and oxygen atoms in total. The lowest BCUT2D eigenvalue weighted by Crippen LogP contribution is -2.51. The van der Waals surface area contributed by atoms with Gasteiger partial charge in [-0.25, -0.2) is 0 Å². The van der Waals surface area contributed by atoms with Crippen molar-refractivity contribution in [1.29, 1.82) is 0 Å². The van der Waals surface area contributed by atoms with E-state index in [-0.39, 0.29) is 16.9 Å². The number of thiophene rings is 4. The molecule has 454 valence electrons. The fourth-order valence-corrected chi connectivity index (χ4v) is 35.6. The van der Waals surface area contributed by atoms with Crippen molar-refractivity contribution in [2.24, 2.45) is 0 Å². The Kier molecular flexibility index (Phi) is 5.72. The van der Waals surface area contributed by atoms with Crippen molar-refractivity contribution in [3.63, 3.8) is 0 Å². The van der Waals surface area contributed by atoms with Gasteiger partial charge in [-0.05, 0) is 406 Å². The molecule has 32 aromatic rings. The summed E-state index contributed by atoms with van der Waals surface area (Å²) in [6.07, 6.45) is 18.9. The number of hydrogen-bond donors (Lipinski definition) is 0. The minimum absolute atomic E-state index is 0.128. The molecule has 1 unspecified atom stereocenters. The summed E-state index contributed by atoms with van der Waals surface area (Å²) in [5, 5.41) is 90.8. The molecule has 101 heavy (non-hydrogen) atoms. The Morgan fingerprint density at radius 1 is 0.337 bits per heavy atom. The van der Waals surface area contributed by atoms with E-state index in [0.717, 1.165) is 19.4 Å². The molecule has 28 aromatic carbocycles. The monoisotopic (exact) mass is 1340 g/mol. The van der Waals surface area contributed by atoms with E-state index in [4.69, 9.17) is 0 Å². The number of unbranched alkanes of at least 4 members (excludes halogenated alkanes) is 6. The van der Waals surface area contributed by atoms with E-state index in [1.54, 1.807) is 328 Å². The number of rotatable bonds is 15. The van der Waals surface area contributed by atoms with Crippen molar-refractivity contribution in [3.05, 3.63) is 103 Å². The van der Waals surface area contributed by atoms with Crippen molar-refractivity contribution in [3.8, 4) is 29.3 Å². The minimum Gasteiger partial charge on any atom is -0.296 e. The smallest absolute Gasteiger partial charge is 0.0591 e. The Hall–Kier alpha value is -9.52. The maximum absolute atomic E-state index is 3.55. The third-order valence-electron chi connectivity index (χ3n) is 32.2. The molecule has 0 bridgehead atoms. The number of allylic oxidation sites excluding steroid dienone is 3. The van der Waals surface area contributed by atoms with Crippen LogP contribution < -0.4 is 0 Å². The molecule has 1 atom stereocenters. The van der Waals surface area contributed by atoms with Gasteiger partial charge in [0.1, 0.15) is 0 Å². The third-order valence-corrected chi connectivity index (χ3v) is 37.3. The predicted octanol–water partition coefficient (Wildman–Crippen LogP) is 28.6. The van der Waals surface area contributed by atoms with Crippen LogP contribution in [0.25, 0.3) is 326 Å². The van der Waals surface area contributed by atoms with Crippen molar-refractivity contribution in [2.75, 3.05) is 13.6 Å². The largest absolute Gasteiger partial charge is 0.296 e. The molecule has 38 rings (SSSR count). The van der Waals surface area contributed by atoms with Gasteiger partial charge in [-0.2, -0.15) is 0 Å². The van der Waals surface area contributed by atoms with Gasteiger partial charge in [-0.1, -0.05) is 58.4 Å². The summed E-state index contributed by atoms with van der Waals surface area (Å²) in [6.45, 7) is 5.76. The molecule has 2 spiro atoms. The lowest BCUT2D eigenvalue weighted by Gasteiger charge is -2.52. The maximum Gasteiger partial charge on any atom is 0.0591 e. The number of likely N-dealkylation sites (N-methyl/N-ethyl adjacent to an activating group) is 1. The summed E-state index contributed by atoms with van der Waals surface area (Å²) < 4.78 is 0. The molecule has 0 N–H and O–H groups in total. The van der Waals surface area contributed by atoms with Gasteiger partial charge >= 0.3 is 0 Å². The first-order valence-electron chi connectivity index (χ1n) is 38.2. The minimum atomic E-state index is -0.375. The normalized spacial score (nSPS) is 20.7. The van der Waals surface area contributed by atoms with Crippen molar-refractivity contribution in [2.45, 2.75) is 94.9 Å². The number of likely N-dealkylation sites (tertiary alicyclic amines) is 1. The van der Waals surface area contributed by atoms with Gasteiger partial charge < -0.3 is 0 Å². The zero-order valence-corrected chi connectivity index (χ0v) is 57.9. The van der Waals surface area contributed by atoms with Crippen LogP contribution in [0, 0.1) is 0 Å². The average molecular weight is 1340 g/mol. The summed E-state index contributed by atoms with van der Waals surface area (Å²) >= 11 is 8.34. The molecule has 1 aliphatic heterocycles. The average Bonchev–Trinajstić information content (AvgIpc) is 1.38. The Morgan fingerprint density at radius 2 is 0.644 bits per heavy atom. The summed E-state index contributed by atoms with van der Waals surface area (Å²) in [5.74, 6) is 0. The second kappa shape index (κ2) is 12.5. The van der Waals surface area contributed by atoms with E-state index in [2.05, 4.69) is 109 Å². The van der Waals surface area contributed by atoms with Crippen LogP contribution in [0.3, 0.4) is 0 Å². The first-order valence-corrected chi connectivity index (χ1v) is 41.4. The molecule has 1 saturated heterocycles. The van der Waals surface area contributed by atoms with Crippen LogP contribution in [0.5, 0.6) is 0 Å². The second-order valence-corrected chi connectivity index (χ2v) is 39.1. The molecule has 5 heteroatoms. The van der Waals surface area contributed by atoms with Crippen LogP contribution in [0.2, 0.25) is 0 Å². The van der Waals surface area contributed by atoms with Crippen molar-refractivity contribution >= 4 is 342 Å². The summed E-state index contributed by atoms with van der Waals surface area (Å²) in [4.78, 5) is 14.8. The first-order chi connectivity index (χ1) is 50.1. The van der Waals surface area contributed by atoms with Crippen molar-refractivity contribution < 1.29 is 0 Å². The first kappa shape index (κ1) is 46.1. The van der Waals surface area contributed by atoms with Gasteiger partial charge in [0.2, 0.25) is 0 Å². The van der Waals surface area contributed by atoms with Gasteiger partial charge in [0.05, 0.1) is 16.9 Å². The predicted molar refractivity (Wildman–Crippen MR) is 440 cm³/mol. The standard InChI is InChI=1S/C96H41NS4/c1-4-6-8-10-16-26-22-32(25-14-12-13-15-25)100-92(26)30-20-18-28(98-30)29-19-21-31(99-29)93-27(17-11-9-7-5-2)23-33(101-93)94-96-90-84-78-68-56-48-40-36-34-35-38-42(40)50(56)60-54-46(38)47-39(35)43-41-37(34)45-44(36)52-58(48)66-72-62(52)63-53(45)59-49(41)57-51(43)61-55(47)65-64(54)76(70(60)78)86(90)87-77(65)71(61)79-69(57)75-67(59)73(63)81-80(72)88(82(84)74(66)68)95(96,24-97(94)3)89(81)83(75)85(79)91(87)96/h12-14,18-23,94H,4-11,16-17,24H2,1-3H3. The van der Waals surface area contributed by atoms with Gasteiger partial charge in [0.25, 0.3) is 0 Å². The highest BCUT2D eigenvalue weighted by Gasteiger charge is 2.76. The lowest BCUT2D eigenvalue weighted by molar-refractivity contribution is 0.276. The molecule has 5 aliphatic carbocycles. The quantitative estimate of drug-likeness (QED) is 0.0562. The third kappa shape index (κ3) is 3.36. The van der Waals surface area contributed by atoms with E-state index in [1.807, 2.05) is 22.7 Å². The van der Waals surface area contributed by atoms with E-state index in [9.17, 15) is 0 Å². The van der Waals surface area contributed by atoms with Crippen LogP contribution in [0.4, 0.5) is 0 Å². The molecule has 6 aliphatic rings. The summed E-state index contributed by atoms with van der Waals surface area (Å²) in [6, 6.07) is 15.5. The van der Waals surface area contributed by atoms with E-state index >= 15 is 0 Å². The maximum atomic E-state index is 3.55. The van der Waals surface area contributed by atoms with Crippen LogP contribution in [-0.2, 0) is 23.7 Å². The van der Waals surface area contributed by atoms with E-state index in [1.165, 1.54) is 91.8 Å². The van der Waals surface area contributed by atoms with Gasteiger partial charge in [0.15, 0.2) is 0 Å². The van der Waals surface area contributed by atoms with Crippen molar-refractivity contribution in [1.82, 2.24) is 4.90 Å². The SMILES string of the molecule is CCCCCCc1cc(C2=C=CC=C2)sc1-c1ccc(-c2ccc(-c3sc(C4N(C)CC56c7c8c9c%10c%11c%12c(c%13c%14c5c5c7c7c%15c8c8c9c9c%11c%11c%16c%12c%12c%13c%13c%14c%14c5c5c7c7c%15c%15c8c8c9c%11c9c%11c%16c%12c%12c%13c%13c%14c5c5c7c7c%15c8c9c8c%11c%12c%13c5c78)C%1046)cc3CCCCCC)s2)s1. The van der Waals surface area contributed by atoms with Crippen LogP contribution in [0.15, 0.2) is 60.4 Å². The second-order valence-electron chi connectivity index (χ2n) is 34.8. The lowest BCUT2D eigenvalue weighted by atomic mass is 9.48.